The molecule has 0 spiro atoms. The first-order chi connectivity index (χ1) is 8.13. The number of benzene rings is 1. The van der Waals surface area contributed by atoms with Crippen LogP contribution in [0.1, 0.15) is 5.69 Å². The molecule has 0 saturated carbocycles. The number of nitrogens with two attached hydrogens (primary N) is 1. The van der Waals surface area contributed by atoms with Crippen molar-refractivity contribution in [1.29, 1.82) is 0 Å². The number of aromatic nitrogens is 1. The molecule has 2 rings (SSSR count). The average Bonchev–Trinajstić information content (AvgIpc) is 2.30. The van der Waals surface area contributed by atoms with Crippen molar-refractivity contribution in [3.63, 3.8) is 0 Å². The first kappa shape index (κ1) is 11.4. The number of nitrogen functional groups attached to an aromatic ring is 1. The fraction of sp³-hybridized carbons (Fsp3) is 0.154. The van der Waals surface area contributed by atoms with E-state index in [9.17, 15) is 4.39 Å². The van der Waals surface area contributed by atoms with Gasteiger partial charge in [-0.3, -0.25) is 0 Å². The van der Waals surface area contributed by atoms with E-state index in [-0.39, 0.29) is 11.6 Å². The van der Waals surface area contributed by atoms with Crippen LogP contribution in [-0.2, 0) is 0 Å². The minimum Gasteiger partial charge on any atom is -0.494 e. The van der Waals surface area contributed by atoms with Gasteiger partial charge in [0.05, 0.1) is 7.11 Å². The highest BCUT2D eigenvalue weighted by Crippen LogP contribution is 2.30. The summed E-state index contributed by atoms with van der Waals surface area (Å²) in [5.41, 5.74) is 7.45. The molecule has 0 aliphatic rings. The van der Waals surface area contributed by atoms with Crippen LogP contribution < -0.4 is 10.5 Å². The highest BCUT2D eigenvalue weighted by Gasteiger charge is 2.12. The molecule has 2 N–H and O–H groups in total. The number of anilines is 1. The van der Waals surface area contributed by atoms with Crippen LogP contribution in [0.2, 0.25) is 0 Å². The predicted molar refractivity (Wildman–Crippen MR) is 65.3 cm³/mol. The van der Waals surface area contributed by atoms with Crippen molar-refractivity contribution in [2.24, 2.45) is 0 Å². The molecule has 1 aromatic carbocycles. The molecule has 88 valence electrons. The quantitative estimate of drug-likeness (QED) is 0.866. The van der Waals surface area contributed by atoms with Crippen molar-refractivity contribution in [1.82, 2.24) is 4.98 Å². The Kier molecular flexibility index (Phi) is 2.95. The summed E-state index contributed by atoms with van der Waals surface area (Å²) in [6.07, 6.45) is 0. The maximum absolute atomic E-state index is 14.1. The van der Waals surface area contributed by atoms with E-state index in [2.05, 4.69) is 4.98 Å². The zero-order valence-corrected chi connectivity index (χ0v) is 9.70. The van der Waals surface area contributed by atoms with Crippen molar-refractivity contribution < 1.29 is 9.13 Å². The van der Waals surface area contributed by atoms with Crippen LogP contribution in [0.15, 0.2) is 30.3 Å². The summed E-state index contributed by atoms with van der Waals surface area (Å²) >= 11 is 0. The summed E-state index contributed by atoms with van der Waals surface area (Å²) in [7, 11) is 1.44. The van der Waals surface area contributed by atoms with Crippen LogP contribution in [0.3, 0.4) is 0 Å². The summed E-state index contributed by atoms with van der Waals surface area (Å²) < 4.78 is 19.0. The number of pyridine rings is 1. The van der Waals surface area contributed by atoms with Crippen molar-refractivity contribution in [3.05, 3.63) is 41.8 Å². The summed E-state index contributed by atoms with van der Waals surface area (Å²) in [5, 5.41) is 0. The summed E-state index contributed by atoms with van der Waals surface area (Å²) in [6, 6.07) is 8.43. The van der Waals surface area contributed by atoms with Gasteiger partial charge in [-0.25, -0.2) is 9.37 Å². The Labute approximate surface area is 99.1 Å². The Bertz CT molecular complexity index is 555. The molecule has 0 radical (unpaired) electrons. The van der Waals surface area contributed by atoms with E-state index >= 15 is 0 Å². The third kappa shape index (κ3) is 2.06. The molecule has 0 unspecified atom stereocenters. The number of aryl methyl sites for hydroxylation is 1. The monoisotopic (exact) mass is 232 g/mol. The van der Waals surface area contributed by atoms with Crippen molar-refractivity contribution in [2.75, 3.05) is 12.8 Å². The summed E-state index contributed by atoms with van der Waals surface area (Å²) in [4.78, 5) is 4.12. The van der Waals surface area contributed by atoms with E-state index in [1.807, 2.05) is 0 Å². The normalized spacial score (nSPS) is 10.3. The van der Waals surface area contributed by atoms with Gasteiger partial charge in [0.2, 0.25) is 0 Å². The summed E-state index contributed by atoms with van der Waals surface area (Å²) in [5.74, 6) is 0.262. The second-order valence-corrected chi connectivity index (χ2v) is 3.69. The summed E-state index contributed by atoms with van der Waals surface area (Å²) in [6.45, 7) is 1.80. The lowest BCUT2D eigenvalue weighted by molar-refractivity contribution is 0.387. The van der Waals surface area contributed by atoms with Crippen molar-refractivity contribution in [2.45, 2.75) is 6.92 Å². The van der Waals surface area contributed by atoms with Gasteiger partial charge < -0.3 is 10.5 Å². The van der Waals surface area contributed by atoms with Crippen molar-refractivity contribution >= 4 is 5.82 Å². The molecule has 2 aromatic rings. The van der Waals surface area contributed by atoms with Gasteiger partial charge in [-0.15, -0.1) is 0 Å². The third-order valence-electron chi connectivity index (χ3n) is 2.58. The number of hydrogen-bond acceptors (Lipinski definition) is 3. The maximum Gasteiger partial charge on any atom is 0.172 e. The number of rotatable bonds is 2. The molecule has 0 bridgehead atoms. The van der Waals surface area contributed by atoms with E-state index in [0.29, 0.717) is 17.1 Å². The molecule has 0 fully saturated rings. The molecule has 1 heterocycles. The van der Waals surface area contributed by atoms with E-state index in [1.54, 1.807) is 37.3 Å². The van der Waals surface area contributed by atoms with Crippen LogP contribution in [0, 0.1) is 12.7 Å². The second kappa shape index (κ2) is 4.41. The Morgan fingerprint density at radius 2 is 1.94 bits per heavy atom. The number of ether oxygens (including phenoxy) is 1. The molecule has 0 atom stereocenters. The Hall–Kier alpha value is -2.10. The standard InChI is InChI=1S/C13H13FN2O/c1-8-9(6-7-12(15)16-8)10-4-3-5-11(17-2)13(10)14/h3-7H,1-2H3,(H2,15,16). The van der Waals surface area contributed by atoms with Gasteiger partial charge in [0.1, 0.15) is 5.82 Å². The largest absolute Gasteiger partial charge is 0.494 e. The highest BCUT2D eigenvalue weighted by atomic mass is 19.1. The molecule has 0 saturated heterocycles. The van der Waals surface area contributed by atoms with Gasteiger partial charge in [-0.1, -0.05) is 12.1 Å². The molecular weight excluding hydrogens is 219 g/mol. The number of nitrogens with zero attached hydrogens (tertiary/aromatic N) is 1. The van der Waals surface area contributed by atoms with Gasteiger partial charge in [-0.05, 0) is 25.1 Å². The van der Waals surface area contributed by atoms with Crippen LogP contribution in [0.4, 0.5) is 10.2 Å². The molecule has 0 aliphatic carbocycles. The molecule has 3 nitrogen and oxygen atoms in total. The van der Waals surface area contributed by atoms with E-state index in [0.717, 1.165) is 5.56 Å². The molecule has 0 aliphatic heterocycles. The fourth-order valence-corrected chi connectivity index (χ4v) is 1.74. The lowest BCUT2D eigenvalue weighted by Gasteiger charge is -2.09. The van der Waals surface area contributed by atoms with Crippen LogP contribution in [-0.4, -0.2) is 12.1 Å². The molecular formula is C13H13FN2O. The molecule has 1 aromatic heterocycles. The van der Waals surface area contributed by atoms with Gasteiger partial charge in [0, 0.05) is 16.8 Å². The smallest absolute Gasteiger partial charge is 0.172 e. The van der Waals surface area contributed by atoms with Gasteiger partial charge in [0.15, 0.2) is 11.6 Å². The third-order valence-corrected chi connectivity index (χ3v) is 2.58. The minimum absolute atomic E-state index is 0.221. The second-order valence-electron chi connectivity index (χ2n) is 3.69. The molecule has 17 heavy (non-hydrogen) atoms. The molecule has 4 heteroatoms. The Morgan fingerprint density at radius 3 is 2.59 bits per heavy atom. The number of methoxy groups -OCH3 is 1. The predicted octanol–water partition coefficient (Wildman–Crippen LogP) is 2.79. The van der Waals surface area contributed by atoms with Gasteiger partial charge >= 0.3 is 0 Å². The lowest BCUT2D eigenvalue weighted by atomic mass is 10.0. The van der Waals surface area contributed by atoms with Crippen LogP contribution >= 0.6 is 0 Å². The van der Waals surface area contributed by atoms with E-state index in [1.165, 1.54) is 7.11 Å². The Balaban J connectivity index is 2.60. The van der Waals surface area contributed by atoms with Gasteiger partial charge in [0.25, 0.3) is 0 Å². The van der Waals surface area contributed by atoms with Crippen LogP contribution in [0.25, 0.3) is 11.1 Å². The average molecular weight is 232 g/mol. The topological polar surface area (TPSA) is 48.1 Å². The van der Waals surface area contributed by atoms with E-state index in [4.69, 9.17) is 10.5 Å². The maximum atomic E-state index is 14.1. The number of hydrogen-bond donors (Lipinski definition) is 1. The zero-order chi connectivity index (χ0) is 12.4. The number of halogens is 1. The van der Waals surface area contributed by atoms with Gasteiger partial charge in [-0.2, -0.15) is 0 Å². The first-order valence-electron chi connectivity index (χ1n) is 5.19. The zero-order valence-electron chi connectivity index (χ0n) is 9.70. The van der Waals surface area contributed by atoms with E-state index < -0.39 is 0 Å². The van der Waals surface area contributed by atoms with Crippen LogP contribution in [0.5, 0.6) is 5.75 Å². The first-order valence-corrected chi connectivity index (χ1v) is 5.19. The minimum atomic E-state index is -0.385. The highest BCUT2D eigenvalue weighted by molar-refractivity contribution is 5.69. The SMILES string of the molecule is COc1cccc(-c2ccc(N)nc2C)c1F. The van der Waals surface area contributed by atoms with Crippen molar-refractivity contribution in [3.8, 4) is 16.9 Å². The lowest BCUT2D eigenvalue weighted by Crippen LogP contribution is -1.97. The molecule has 0 amide bonds. The Morgan fingerprint density at radius 1 is 1.18 bits per heavy atom. The fourth-order valence-electron chi connectivity index (χ4n) is 1.74.